The zero-order valence-electron chi connectivity index (χ0n) is 21.8. The van der Waals surface area contributed by atoms with Crippen molar-refractivity contribution in [2.45, 2.75) is 50.7 Å². The molecule has 39 heavy (non-hydrogen) atoms. The van der Waals surface area contributed by atoms with Gasteiger partial charge in [0.05, 0.1) is 16.7 Å². The molecule has 0 radical (unpaired) electrons. The SMILES string of the molecule is CC(=O)Nc1ccc(S(=O)(=O)N[C@H]2CCc3c(-c4noc(-c5ccc(OC(C)C)c(N)c5)n4)cccc32)cc1. The highest BCUT2D eigenvalue weighted by molar-refractivity contribution is 7.89. The van der Waals surface area contributed by atoms with Gasteiger partial charge in [0.15, 0.2) is 0 Å². The molecule has 0 saturated carbocycles. The molecule has 1 atom stereocenters. The van der Waals surface area contributed by atoms with E-state index >= 15 is 0 Å². The summed E-state index contributed by atoms with van der Waals surface area (Å²) in [6.07, 6.45) is 1.24. The van der Waals surface area contributed by atoms with Gasteiger partial charge in [-0.2, -0.15) is 4.98 Å². The molecule has 3 aromatic carbocycles. The lowest BCUT2D eigenvalue weighted by Gasteiger charge is -2.15. The van der Waals surface area contributed by atoms with E-state index in [0.717, 1.165) is 16.7 Å². The lowest BCUT2D eigenvalue weighted by atomic mass is 10.0. The van der Waals surface area contributed by atoms with Crippen LogP contribution in [0.5, 0.6) is 5.75 Å². The van der Waals surface area contributed by atoms with Crippen LogP contribution in [0.25, 0.3) is 22.8 Å². The highest BCUT2D eigenvalue weighted by Crippen LogP contribution is 2.38. The first-order chi connectivity index (χ1) is 18.6. The summed E-state index contributed by atoms with van der Waals surface area (Å²) in [5, 5.41) is 6.82. The summed E-state index contributed by atoms with van der Waals surface area (Å²) in [5.41, 5.74) is 10.4. The van der Waals surface area contributed by atoms with Crippen molar-refractivity contribution >= 4 is 27.3 Å². The van der Waals surface area contributed by atoms with Gasteiger partial charge >= 0.3 is 0 Å². The number of nitrogens with zero attached hydrogens (tertiary/aromatic N) is 2. The van der Waals surface area contributed by atoms with Crippen LogP contribution in [-0.4, -0.2) is 30.6 Å². The maximum Gasteiger partial charge on any atom is 0.258 e. The number of ether oxygens (including phenoxy) is 1. The van der Waals surface area contributed by atoms with Crippen LogP contribution in [0.3, 0.4) is 0 Å². The van der Waals surface area contributed by atoms with E-state index in [4.69, 9.17) is 15.0 Å². The molecule has 0 unspecified atom stereocenters. The number of aromatic nitrogens is 2. The zero-order chi connectivity index (χ0) is 27.7. The Morgan fingerprint density at radius 2 is 1.90 bits per heavy atom. The average Bonchev–Trinajstić information content (AvgIpc) is 3.53. The van der Waals surface area contributed by atoms with Gasteiger partial charge in [0.1, 0.15) is 5.75 Å². The van der Waals surface area contributed by atoms with E-state index in [9.17, 15) is 13.2 Å². The van der Waals surface area contributed by atoms with E-state index in [0.29, 0.717) is 47.2 Å². The van der Waals surface area contributed by atoms with Crippen LogP contribution >= 0.6 is 0 Å². The number of rotatable bonds is 8. The number of sulfonamides is 1. The van der Waals surface area contributed by atoms with Crippen LogP contribution in [0.15, 0.2) is 70.1 Å². The second-order valence-electron chi connectivity index (χ2n) is 9.63. The number of carbonyl (C=O) groups excluding carboxylic acids is 1. The number of nitrogen functional groups attached to an aromatic ring is 1. The normalized spacial score (nSPS) is 14.8. The van der Waals surface area contributed by atoms with E-state index in [2.05, 4.69) is 20.2 Å². The lowest BCUT2D eigenvalue weighted by Crippen LogP contribution is -2.27. The summed E-state index contributed by atoms with van der Waals surface area (Å²) < 4.78 is 40.3. The zero-order valence-corrected chi connectivity index (χ0v) is 22.6. The topological polar surface area (TPSA) is 149 Å². The van der Waals surface area contributed by atoms with Crippen LogP contribution < -0.4 is 20.5 Å². The monoisotopic (exact) mass is 547 g/mol. The molecule has 4 aromatic rings. The van der Waals surface area contributed by atoms with Gasteiger partial charge in [0, 0.05) is 29.8 Å². The Kier molecular flexibility index (Phi) is 7.11. The number of nitrogens with two attached hydrogens (primary N) is 1. The maximum atomic E-state index is 13.1. The van der Waals surface area contributed by atoms with Crippen molar-refractivity contribution in [2.24, 2.45) is 0 Å². The van der Waals surface area contributed by atoms with Crippen molar-refractivity contribution in [3.63, 3.8) is 0 Å². The minimum atomic E-state index is -3.79. The first-order valence-corrected chi connectivity index (χ1v) is 14.0. The molecule has 4 N–H and O–H groups in total. The van der Waals surface area contributed by atoms with Crippen molar-refractivity contribution in [3.05, 3.63) is 71.8 Å². The summed E-state index contributed by atoms with van der Waals surface area (Å²) in [5.74, 6) is 1.10. The lowest BCUT2D eigenvalue weighted by molar-refractivity contribution is -0.114. The predicted molar refractivity (Wildman–Crippen MR) is 147 cm³/mol. The molecule has 10 nitrogen and oxygen atoms in total. The maximum absolute atomic E-state index is 13.1. The number of hydrogen-bond acceptors (Lipinski definition) is 8. The van der Waals surface area contributed by atoms with E-state index in [1.165, 1.54) is 19.1 Å². The third-order valence-corrected chi connectivity index (χ3v) is 7.83. The van der Waals surface area contributed by atoms with Crippen molar-refractivity contribution in [1.29, 1.82) is 0 Å². The summed E-state index contributed by atoms with van der Waals surface area (Å²) in [4.78, 5) is 15.9. The predicted octanol–water partition coefficient (Wildman–Crippen LogP) is 4.70. The number of anilines is 2. The molecule has 5 rings (SSSR count). The summed E-state index contributed by atoms with van der Waals surface area (Å²) >= 11 is 0. The molecule has 1 amide bonds. The van der Waals surface area contributed by atoms with E-state index in [1.54, 1.807) is 24.3 Å². The third kappa shape index (κ3) is 5.64. The van der Waals surface area contributed by atoms with Gasteiger partial charge in [-0.1, -0.05) is 23.4 Å². The smallest absolute Gasteiger partial charge is 0.258 e. The molecule has 202 valence electrons. The van der Waals surface area contributed by atoms with Gasteiger partial charge in [-0.25, -0.2) is 13.1 Å². The third-order valence-electron chi connectivity index (χ3n) is 6.34. The molecule has 1 heterocycles. The number of carbonyl (C=O) groups is 1. The number of amides is 1. The molecule has 1 aliphatic rings. The molecule has 1 aromatic heterocycles. The molecular formula is C28H29N5O5S. The number of nitrogens with one attached hydrogen (secondary N) is 2. The van der Waals surface area contributed by atoms with Crippen LogP contribution in [0, 0.1) is 0 Å². The molecule has 11 heteroatoms. The number of hydrogen-bond donors (Lipinski definition) is 3. The Balaban J connectivity index is 1.36. The van der Waals surface area contributed by atoms with Gasteiger partial charge in [-0.3, -0.25) is 4.79 Å². The minimum Gasteiger partial charge on any atom is -0.489 e. The highest BCUT2D eigenvalue weighted by atomic mass is 32.2. The largest absolute Gasteiger partial charge is 0.489 e. The van der Waals surface area contributed by atoms with Gasteiger partial charge < -0.3 is 20.3 Å². The van der Waals surface area contributed by atoms with Crippen LogP contribution in [-0.2, 0) is 21.2 Å². The van der Waals surface area contributed by atoms with Crippen LogP contribution in [0.2, 0.25) is 0 Å². The first kappa shape index (κ1) is 26.4. The molecule has 0 spiro atoms. The van der Waals surface area contributed by atoms with E-state index < -0.39 is 16.1 Å². The van der Waals surface area contributed by atoms with E-state index in [1.807, 2.05) is 38.1 Å². The molecule has 0 aliphatic heterocycles. The average molecular weight is 548 g/mol. The second kappa shape index (κ2) is 10.5. The van der Waals surface area contributed by atoms with Gasteiger partial charge in [0.25, 0.3) is 5.89 Å². The molecular weight excluding hydrogens is 518 g/mol. The first-order valence-electron chi connectivity index (χ1n) is 12.5. The summed E-state index contributed by atoms with van der Waals surface area (Å²) in [6, 6.07) is 16.6. The standard InChI is InChI=1S/C28H29N5O5S/c1-16(2)37-26-14-7-18(15-24(26)29)28-31-27(32-38-28)23-6-4-5-22-21(23)12-13-25(22)33-39(35,36)20-10-8-19(9-11-20)30-17(3)34/h4-11,14-16,25,33H,12-13,29H2,1-3H3,(H,30,34)/t25-/m0/s1. The summed E-state index contributed by atoms with van der Waals surface area (Å²) in [6.45, 7) is 5.25. The van der Waals surface area contributed by atoms with Crippen molar-refractivity contribution in [1.82, 2.24) is 14.9 Å². The van der Waals surface area contributed by atoms with Gasteiger partial charge in [0.2, 0.25) is 21.8 Å². The molecule has 0 fully saturated rings. The van der Waals surface area contributed by atoms with Gasteiger partial charge in [-0.05, 0) is 80.3 Å². The highest BCUT2D eigenvalue weighted by Gasteiger charge is 2.30. The Labute approximate surface area is 226 Å². The van der Waals surface area contributed by atoms with Crippen molar-refractivity contribution in [3.8, 4) is 28.6 Å². The van der Waals surface area contributed by atoms with Crippen molar-refractivity contribution < 1.29 is 22.5 Å². The van der Waals surface area contributed by atoms with Crippen molar-refractivity contribution in [2.75, 3.05) is 11.1 Å². The van der Waals surface area contributed by atoms with Gasteiger partial charge in [-0.15, -0.1) is 0 Å². The van der Waals surface area contributed by atoms with Crippen LogP contribution in [0.1, 0.15) is 44.4 Å². The van der Waals surface area contributed by atoms with E-state index in [-0.39, 0.29) is 16.9 Å². The Morgan fingerprint density at radius 1 is 1.13 bits per heavy atom. The summed E-state index contributed by atoms with van der Waals surface area (Å²) in [7, 11) is -3.79. The van der Waals surface area contributed by atoms with Crippen LogP contribution in [0.4, 0.5) is 11.4 Å². The Morgan fingerprint density at radius 3 is 2.59 bits per heavy atom. The number of fused-ring (bicyclic) bond motifs is 1. The minimum absolute atomic E-state index is 0.00257. The molecule has 1 aliphatic carbocycles. The second-order valence-corrected chi connectivity index (χ2v) is 11.3. The fourth-order valence-electron chi connectivity index (χ4n) is 4.66. The molecule has 0 bridgehead atoms. The number of benzene rings is 3. The fourth-order valence-corrected chi connectivity index (χ4v) is 5.90. The fraction of sp³-hybridized carbons (Fsp3) is 0.250. The molecule has 0 saturated heterocycles. The Hall–Kier alpha value is -4.22. The quantitative estimate of drug-likeness (QED) is 0.269. The Bertz CT molecular complexity index is 1630.